The minimum Gasteiger partial charge on any atom is -0.356 e. The molecule has 140 valence electrons. The van der Waals surface area contributed by atoms with Crippen molar-refractivity contribution < 1.29 is 0 Å². The summed E-state index contributed by atoms with van der Waals surface area (Å²) in [4.78, 5) is 16.1. The van der Waals surface area contributed by atoms with Gasteiger partial charge < -0.3 is 9.47 Å². The summed E-state index contributed by atoms with van der Waals surface area (Å²) in [6.45, 7) is 7.27. The van der Waals surface area contributed by atoms with Gasteiger partial charge in [0.2, 0.25) is 0 Å². The normalized spacial score (nSPS) is 17.4. The van der Waals surface area contributed by atoms with E-state index in [2.05, 4.69) is 64.8 Å². The molecule has 0 spiro atoms. The molecule has 0 N–H and O–H groups in total. The maximum absolute atomic E-state index is 4.89. The Morgan fingerprint density at radius 2 is 1.96 bits per heavy atom. The van der Waals surface area contributed by atoms with E-state index >= 15 is 0 Å². The fraction of sp³-hybridized carbons (Fsp3) is 0.409. The van der Waals surface area contributed by atoms with Gasteiger partial charge in [0.1, 0.15) is 11.6 Å². The van der Waals surface area contributed by atoms with Crippen LogP contribution in [0.4, 0.5) is 5.82 Å². The first-order valence-corrected chi connectivity index (χ1v) is 9.82. The highest BCUT2D eigenvalue weighted by Crippen LogP contribution is 2.29. The predicted octanol–water partition coefficient (Wildman–Crippen LogP) is 4.23. The number of anilines is 1. The molecule has 5 nitrogen and oxygen atoms in total. The molecule has 1 fully saturated rings. The lowest BCUT2D eigenvalue weighted by Gasteiger charge is -2.33. The average Bonchev–Trinajstić information content (AvgIpc) is 3.17. The minimum atomic E-state index is 0.431. The van der Waals surface area contributed by atoms with E-state index in [0.717, 1.165) is 31.1 Å². The van der Waals surface area contributed by atoms with E-state index in [1.54, 1.807) is 0 Å². The number of nitrogens with zero attached hydrogens (tertiary/aromatic N) is 5. The van der Waals surface area contributed by atoms with E-state index in [1.807, 2.05) is 18.6 Å². The maximum atomic E-state index is 4.89. The van der Waals surface area contributed by atoms with Crippen LogP contribution in [0.5, 0.6) is 0 Å². The van der Waals surface area contributed by atoms with Crippen molar-refractivity contribution in [3.05, 3.63) is 72.2 Å². The molecule has 1 aliphatic rings. The van der Waals surface area contributed by atoms with E-state index < -0.39 is 0 Å². The number of piperidine rings is 1. The molecule has 0 saturated carbocycles. The molecule has 5 heteroatoms. The number of rotatable bonds is 5. The van der Waals surface area contributed by atoms with E-state index in [4.69, 9.17) is 9.97 Å². The summed E-state index contributed by atoms with van der Waals surface area (Å²) < 4.78 is 2.28. The molecular formula is C22H27N5. The lowest BCUT2D eigenvalue weighted by molar-refractivity contribution is 0.473. The quantitative estimate of drug-likeness (QED) is 0.682. The van der Waals surface area contributed by atoms with Crippen molar-refractivity contribution >= 4 is 5.82 Å². The Morgan fingerprint density at radius 1 is 1.11 bits per heavy atom. The average molecular weight is 361 g/mol. The molecule has 3 aromatic rings. The smallest absolute Gasteiger partial charge is 0.128 e. The van der Waals surface area contributed by atoms with Gasteiger partial charge >= 0.3 is 0 Å². The highest BCUT2D eigenvalue weighted by molar-refractivity contribution is 5.41. The lowest BCUT2D eigenvalue weighted by atomic mass is 9.97. The molecule has 0 aromatic carbocycles. The predicted molar refractivity (Wildman–Crippen MR) is 108 cm³/mol. The Morgan fingerprint density at radius 3 is 2.78 bits per heavy atom. The Bertz CT molecular complexity index is 871. The summed E-state index contributed by atoms with van der Waals surface area (Å²) in [7, 11) is 0. The maximum Gasteiger partial charge on any atom is 0.128 e. The van der Waals surface area contributed by atoms with Gasteiger partial charge in [0.05, 0.1) is 0 Å². The summed E-state index contributed by atoms with van der Waals surface area (Å²) in [5.74, 6) is 3.15. The van der Waals surface area contributed by atoms with Crippen LogP contribution in [0.15, 0.2) is 55.1 Å². The van der Waals surface area contributed by atoms with Crippen molar-refractivity contribution in [3.63, 3.8) is 0 Å². The Kier molecular flexibility index (Phi) is 5.19. The standard InChI is InChI=1S/C22H27N5/c1-17(2)20-6-3-7-21(25-20)26-13-4-5-19(16-26)22-24-12-14-27(22)15-18-8-10-23-11-9-18/h3,6-12,14,17,19H,4-5,13,15-16H2,1-2H3/t19-/m1/s1. The zero-order valence-electron chi connectivity index (χ0n) is 16.1. The summed E-state index contributed by atoms with van der Waals surface area (Å²) in [6.07, 6.45) is 10.1. The van der Waals surface area contributed by atoms with Crippen molar-refractivity contribution in [3.8, 4) is 0 Å². The van der Waals surface area contributed by atoms with Crippen LogP contribution in [0.3, 0.4) is 0 Å². The molecule has 3 aromatic heterocycles. The van der Waals surface area contributed by atoms with Crippen molar-refractivity contribution in [1.29, 1.82) is 0 Å². The van der Waals surface area contributed by atoms with Crippen molar-refractivity contribution in [2.45, 2.75) is 45.1 Å². The second-order valence-electron chi connectivity index (χ2n) is 7.63. The van der Waals surface area contributed by atoms with Gasteiger partial charge in [0.25, 0.3) is 0 Å². The number of hydrogen-bond acceptors (Lipinski definition) is 4. The number of imidazole rings is 1. The molecule has 1 aliphatic heterocycles. The molecule has 1 atom stereocenters. The van der Waals surface area contributed by atoms with Gasteiger partial charge in [-0.25, -0.2) is 9.97 Å². The zero-order valence-corrected chi connectivity index (χ0v) is 16.1. The SMILES string of the molecule is CC(C)c1cccc(N2CCC[C@@H](c3nccn3Cc3ccncc3)C2)n1. The molecule has 0 aliphatic carbocycles. The largest absolute Gasteiger partial charge is 0.356 e. The molecule has 0 unspecified atom stereocenters. The highest BCUT2D eigenvalue weighted by atomic mass is 15.2. The molecule has 0 radical (unpaired) electrons. The number of hydrogen-bond donors (Lipinski definition) is 0. The Labute approximate surface area is 161 Å². The topological polar surface area (TPSA) is 46.8 Å². The fourth-order valence-electron chi connectivity index (χ4n) is 3.83. The van der Waals surface area contributed by atoms with Gasteiger partial charge in [-0.2, -0.15) is 0 Å². The Hall–Kier alpha value is -2.69. The van der Waals surface area contributed by atoms with Crippen LogP contribution >= 0.6 is 0 Å². The van der Waals surface area contributed by atoms with Crippen molar-refractivity contribution in [2.75, 3.05) is 18.0 Å². The van der Waals surface area contributed by atoms with Gasteiger partial charge in [-0.1, -0.05) is 19.9 Å². The van der Waals surface area contributed by atoms with Crippen LogP contribution < -0.4 is 4.90 Å². The van der Waals surface area contributed by atoms with Gasteiger partial charge in [0, 0.05) is 56.0 Å². The molecule has 4 rings (SSSR count). The molecule has 27 heavy (non-hydrogen) atoms. The van der Waals surface area contributed by atoms with Crippen LogP contribution in [-0.2, 0) is 6.54 Å². The van der Waals surface area contributed by atoms with Crippen molar-refractivity contribution in [2.24, 2.45) is 0 Å². The van der Waals surface area contributed by atoms with E-state index in [-0.39, 0.29) is 0 Å². The zero-order chi connectivity index (χ0) is 18.6. The molecular weight excluding hydrogens is 334 g/mol. The third-order valence-electron chi connectivity index (χ3n) is 5.31. The first-order chi connectivity index (χ1) is 13.2. The van der Waals surface area contributed by atoms with E-state index in [1.165, 1.54) is 24.2 Å². The van der Waals surface area contributed by atoms with E-state index in [0.29, 0.717) is 11.8 Å². The fourth-order valence-corrected chi connectivity index (χ4v) is 3.83. The van der Waals surface area contributed by atoms with Crippen LogP contribution in [0.25, 0.3) is 0 Å². The molecule has 4 heterocycles. The highest BCUT2D eigenvalue weighted by Gasteiger charge is 2.25. The van der Waals surface area contributed by atoms with E-state index in [9.17, 15) is 0 Å². The second kappa shape index (κ2) is 7.91. The van der Waals surface area contributed by atoms with Crippen LogP contribution in [0.2, 0.25) is 0 Å². The van der Waals surface area contributed by atoms with Gasteiger partial charge in [-0.15, -0.1) is 0 Å². The van der Waals surface area contributed by atoms with Crippen LogP contribution in [0.1, 0.15) is 55.6 Å². The summed E-state index contributed by atoms with van der Waals surface area (Å²) in [6, 6.07) is 10.5. The first-order valence-electron chi connectivity index (χ1n) is 9.82. The number of aromatic nitrogens is 4. The molecule has 0 amide bonds. The lowest BCUT2D eigenvalue weighted by Crippen LogP contribution is -2.36. The van der Waals surface area contributed by atoms with Gasteiger partial charge in [0.15, 0.2) is 0 Å². The first kappa shape index (κ1) is 17.7. The third-order valence-corrected chi connectivity index (χ3v) is 5.31. The van der Waals surface area contributed by atoms with Gasteiger partial charge in [-0.3, -0.25) is 4.98 Å². The second-order valence-corrected chi connectivity index (χ2v) is 7.63. The van der Waals surface area contributed by atoms with Crippen molar-refractivity contribution in [1.82, 2.24) is 19.5 Å². The van der Waals surface area contributed by atoms with Crippen LogP contribution in [-0.4, -0.2) is 32.6 Å². The third kappa shape index (κ3) is 4.02. The molecule has 1 saturated heterocycles. The monoisotopic (exact) mass is 361 g/mol. The van der Waals surface area contributed by atoms with Gasteiger partial charge in [-0.05, 0) is 48.6 Å². The number of pyridine rings is 2. The Balaban J connectivity index is 1.52. The summed E-state index contributed by atoms with van der Waals surface area (Å²) >= 11 is 0. The molecule has 0 bridgehead atoms. The minimum absolute atomic E-state index is 0.431. The van der Waals surface area contributed by atoms with Crippen LogP contribution in [0, 0.1) is 0 Å². The summed E-state index contributed by atoms with van der Waals surface area (Å²) in [5.41, 5.74) is 2.41. The summed E-state index contributed by atoms with van der Waals surface area (Å²) in [5, 5.41) is 0.